The van der Waals surface area contributed by atoms with Crippen LogP contribution in [0.1, 0.15) is 45.9 Å². The monoisotopic (exact) mass is 273 g/mol. The molecule has 0 aromatic carbocycles. The average molecular weight is 273 g/mol. The van der Waals surface area contributed by atoms with Crippen molar-refractivity contribution in [1.29, 1.82) is 0 Å². The molecule has 0 unspecified atom stereocenters. The van der Waals surface area contributed by atoms with Gasteiger partial charge in [-0.2, -0.15) is 5.10 Å². The second-order valence-corrected chi connectivity index (χ2v) is 5.12. The van der Waals surface area contributed by atoms with Gasteiger partial charge in [-0.25, -0.2) is 9.97 Å². The lowest BCUT2D eigenvalue weighted by Gasteiger charge is -2.12. The highest BCUT2D eigenvalue weighted by molar-refractivity contribution is 5.59. The standard InChI is InChI=1S/C15H23N5/c1-5-9-20-13(7-8-17-20)12-10-14(16-6-2)19-15(18-12)11(3)4/h7-8,10-11H,5-6,9H2,1-4H3,(H,16,18,19). The van der Waals surface area contributed by atoms with Crippen LogP contribution in [0.3, 0.4) is 0 Å². The molecule has 0 aliphatic heterocycles. The van der Waals surface area contributed by atoms with Crippen LogP contribution in [-0.2, 0) is 6.54 Å². The Kier molecular flexibility index (Phi) is 4.71. The van der Waals surface area contributed by atoms with Crippen molar-refractivity contribution >= 4 is 5.82 Å². The molecule has 0 spiro atoms. The summed E-state index contributed by atoms with van der Waals surface area (Å²) in [5.74, 6) is 2.04. The molecule has 0 saturated heterocycles. The zero-order valence-corrected chi connectivity index (χ0v) is 12.7. The zero-order valence-electron chi connectivity index (χ0n) is 12.7. The molecule has 0 saturated carbocycles. The SMILES string of the molecule is CCCn1nccc1-c1cc(NCC)nc(C(C)C)n1. The summed E-state index contributed by atoms with van der Waals surface area (Å²) in [6, 6.07) is 4.01. The normalized spacial score (nSPS) is 11.1. The van der Waals surface area contributed by atoms with Crippen LogP contribution in [0.4, 0.5) is 5.82 Å². The first-order chi connectivity index (χ1) is 9.65. The van der Waals surface area contributed by atoms with Gasteiger partial charge in [0.05, 0.1) is 11.4 Å². The molecule has 2 aromatic rings. The molecule has 2 rings (SSSR count). The maximum absolute atomic E-state index is 4.69. The van der Waals surface area contributed by atoms with Gasteiger partial charge in [-0.05, 0) is 19.4 Å². The average Bonchev–Trinajstić information content (AvgIpc) is 2.87. The summed E-state index contributed by atoms with van der Waals surface area (Å²) in [6.07, 6.45) is 2.88. The fraction of sp³-hybridized carbons (Fsp3) is 0.533. The molecule has 0 aliphatic carbocycles. The molecule has 0 fully saturated rings. The number of aromatic nitrogens is 4. The van der Waals surface area contributed by atoms with Crippen molar-refractivity contribution in [3.05, 3.63) is 24.2 Å². The van der Waals surface area contributed by atoms with E-state index < -0.39 is 0 Å². The molecule has 2 heterocycles. The first-order valence-corrected chi connectivity index (χ1v) is 7.30. The molecule has 0 radical (unpaired) electrons. The maximum Gasteiger partial charge on any atom is 0.134 e. The highest BCUT2D eigenvalue weighted by Crippen LogP contribution is 2.22. The predicted octanol–water partition coefficient (Wildman–Crippen LogP) is 3.31. The molecular formula is C15H23N5. The van der Waals surface area contributed by atoms with Crippen LogP contribution in [0.2, 0.25) is 0 Å². The number of nitrogens with zero attached hydrogens (tertiary/aromatic N) is 4. The van der Waals surface area contributed by atoms with Crippen molar-refractivity contribution in [2.45, 2.75) is 46.6 Å². The second kappa shape index (κ2) is 6.50. The minimum absolute atomic E-state index is 0.301. The first kappa shape index (κ1) is 14.5. The zero-order chi connectivity index (χ0) is 14.5. The van der Waals surface area contributed by atoms with Gasteiger partial charge in [-0.3, -0.25) is 4.68 Å². The van der Waals surface area contributed by atoms with Gasteiger partial charge in [0.1, 0.15) is 11.6 Å². The fourth-order valence-electron chi connectivity index (χ4n) is 2.07. The summed E-state index contributed by atoms with van der Waals surface area (Å²) in [4.78, 5) is 9.24. The predicted molar refractivity (Wildman–Crippen MR) is 81.8 cm³/mol. The molecule has 0 atom stereocenters. The molecular weight excluding hydrogens is 250 g/mol. The van der Waals surface area contributed by atoms with Crippen LogP contribution < -0.4 is 5.32 Å². The first-order valence-electron chi connectivity index (χ1n) is 7.30. The third kappa shape index (κ3) is 3.15. The summed E-state index contributed by atoms with van der Waals surface area (Å²) in [7, 11) is 0. The van der Waals surface area contributed by atoms with E-state index in [9.17, 15) is 0 Å². The van der Waals surface area contributed by atoms with Crippen molar-refractivity contribution in [1.82, 2.24) is 19.7 Å². The van der Waals surface area contributed by atoms with E-state index in [-0.39, 0.29) is 0 Å². The van der Waals surface area contributed by atoms with Crippen molar-refractivity contribution < 1.29 is 0 Å². The topological polar surface area (TPSA) is 55.6 Å². The summed E-state index contributed by atoms with van der Waals surface area (Å²) in [6.45, 7) is 10.2. The van der Waals surface area contributed by atoms with Crippen molar-refractivity contribution in [3.8, 4) is 11.4 Å². The van der Waals surface area contributed by atoms with Gasteiger partial charge in [-0.15, -0.1) is 0 Å². The summed E-state index contributed by atoms with van der Waals surface area (Å²) in [5.41, 5.74) is 1.99. The molecule has 20 heavy (non-hydrogen) atoms. The van der Waals surface area contributed by atoms with E-state index in [0.717, 1.165) is 42.5 Å². The summed E-state index contributed by atoms with van der Waals surface area (Å²) >= 11 is 0. The van der Waals surface area contributed by atoms with E-state index in [0.29, 0.717) is 5.92 Å². The van der Waals surface area contributed by atoms with Gasteiger partial charge < -0.3 is 5.32 Å². The largest absolute Gasteiger partial charge is 0.370 e. The number of nitrogens with one attached hydrogen (secondary N) is 1. The molecule has 108 valence electrons. The number of anilines is 1. The Hall–Kier alpha value is -1.91. The third-order valence-electron chi connectivity index (χ3n) is 3.03. The number of hydrogen-bond donors (Lipinski definition) is 1. The Labute approximate surface area is 120 Å². The van der Waals surface area contributed by atoms with Crippen LogP contribution in [-0.4, -0.2) is 26.3 Å². The molecule has 5 nitrogen and oxygen atoms in total. The lowest BCUT2D eigenvalue weighted by Crippen LogP contribution is -2.08. The van der Waals surface area contributed by atoms with Crippen molar-refractivity contribution in [3.63, 3.8) is 0 Å². The fourth-order valence-corrected chi connectivity index (χ4v) is 2.07. The highest BCUT2D eigenvalue weighted by atomic mass is 15.3. The van der Waals surface area contributed by atoms with Crippen LogP contribution >= 0.6 is 0 Å². The van der Waals surface area contributed by atoms with E-state index in [4.69, 9.17) is 0 Å². The Morgan fingerprint density at radius 2 is 2.05 bits per heavy atom. The lowest BCUT2D eigenvalue weighted by atomic mass is 10.2. The lowest BCUT2D eigenvalue weighted by molar-refractivity contribution is 0.607. The van der Waals surface area contributed by atoms with E-state index >= 15 is 0 Å². The Morgan fingerprint density at radius 1 is 1.25 bits per heavy atom. The smallest absolute Gasteiger partial charge is 0.134 e. The summed E-state index contributed by atoms with van der Waals surface area (Å²) < 4.78 is 2.00. The van der Waals surface area contributed by atoms with Crippen molar-refractivity contribution in [2.75, 3.05) is 11.9 Å². The Morgan fingerprint density at radius 3 is 2.70 bits per heavy atom. The molecule has 1 N–H and O–H groups in total. The minimum atomic E-state index is 0.301. The van der Waals surface area contributed by atoms with E-state index in [2.05, 4.69) is 48.1 Å². The second-order valence-electron chi connectivity index (χ2n) is 5.12. The van der Waals surface area contributed by atoms with Gasteiger partial charge >= 0.3 is 0 Å². The van der Waals surface area contributed by atoms with Gasteiger partial charge in [0, 0.05) is 31.3 Å². The van der Waals surface area contributed by atoms with Crippen LogP contribution in [0, 0.1) is 0 Å². The van der Waals surface area contributed by atoms with Crippen LogP contribution in [0.5, 0.6) is 0 Å². The Balaban J connectivity index is 2.46. The van der Waals surface area contributed by atoms with E-state index in [1.54, 1.807) is 0 Å². The van der Waals surface area contributed by atoms with Crippen LogP contribution in [0.15, 0.2) is 18.3 Å². The quantitative estimate of drug-likeness (QED) is 0.877. The van der Waals surface area contributed by atoms with Gasteiger partial charge in [0.15, 0.2) is 0 Å². The van der Waals surface area contributed by atoms with Gasteiger partial charge in [0.2, 0.25) is 0 Å². The van der Waals surface area contributed by atoms with Gasteiger partial charge in [0.25, 0.3) is 0 Å². The van der Waals surface area contributed by atoms with E-state index in [1.165, 1.54) is 0 Å². The molecule has 0 amide bonds. The third-order valence-corrected chi connectivity index (χ3v) is 3.03. The summed E-state index contributed by atoms with van der Waals surface area (Å²) in [5, 5.41) is 7.64. The minimum Gasteiger partial charge on any atom is -0.370 e. The molecule has 5 heteroatoms. The molecule has 0 aliphatic rings. The number of hydrogen-bond acceptors (Lipinski definition) is 4. The number of rotatable bonds is 6. The van der Waals surface area contributed by atoms with Crippen molar-refractivity contribution in [2.24, 2.45) is 0 Å². The highest BCUT2D eigenvalue weighted by Gasteiger charge is 2.12. The molecule has 0 bridgehead atoms. The van der Waals surface area contributed by atoms with Crippen LogP contribution in [0.25, 0.3) is 11.4 Å². The van der Waals surface area contributed by atoms with E-state index in [1.807, 2.05) is 23.0 Å². The number of aryl methyl sites for hydroxylation is 1. The molecule has 2 aromatic heterocycles. The Bertz CT molecular complexity index is 559. The van der Waals surface area contributed by atoms with Gasteiger partial charge in [-0.1, -0.05) is 20.8 Å². The maximum atomic E-state index is 4.69.